The van der Waals surface area contributed by atoms with Gasteiger partial charge in [0.2, 0.25) is 5.95 Å². The fourth-order valence-corrected chi connectivity index (χ4v) is 3.76. The van der Waals surface area contributed by atoms with E-state index in [2.05, 4.69) is 38.9 Å². The molecule has 1 aliphatic heterocycles. The summed E-state index contributed by atoms with van der Waals surface area (Å²) in [6.45, 7) is 4.17. The molecule has 1 aliphatic rings. The zero-order valence-electron chi connectivity index (χ0n) is 15.2. The van der Waals surface area contributed by atoms with Gasteiger partial charge in [-0.15, -0.1) is 0 Å². The van der Waals surface area contributed by atoms with Crippen molar-refractivity contribution >= 4 is 27.6 Å². The Kier molecular flexibility index (Phi) is 3.72. The van der Waals surface area contributed by atoms with Crippen LogP contribution >= 0.6 is 0 Å². The average Bonchev–Trinajstić information content (AvgIpc) is 3.11. The van der Waals surface area contributed by atoms with E-state index in [4.69, 9.17) is 0 Å². The van der Waals surface area contributed by atoms with Crippen LogP contribution in [0.3, 0.4) is 0 Å². The normalized spacial score (nSPS) is 15.7. The number of likely N-dealkylation sites (N-methyl/N-ethyl adjacent to an activating group) is 1. The summed E-state index contributed by atoms with van der Waals surface area (Å²) < 4.78 is 1.64. The Bertz CT molecular complexity index is 1180. The number of piperazine rings is 1. The van der Waals surface area contributed by atoms with E-state index < -0.39 is 0 Å². The van der Waals surface area contributed by atoms with Gasteiger partial charge in [0.05, 0.1) is 16.6 Å². The summed E-state index contributed by atoms with van der Waals surface area (Å²) in [5, 5.41) is 1.01. The zero-order chi connectivity index (χ0) is 18.4. The van der Waals surface area contributed by atoms with Crippen molar-refractivity contribution in [3.63, 3.8) is 0 Å². The van der Waals surface area contributed by atoms with Gasteiger partial charge in [-0.25, -0.2) is 9.55 Å². The highest BCUT2D eigenvalue weighted by Gasteiger charge is 2.16. The molecule has 0 unspecified atom stereocenters. The van der Waals surface area contributed by atoms with Crippen molar-refractivity contribution in [3.8, 4) is 5.95 Å². The zero-order valence-corrected chi connectivity index (χ0v) is 15.2. The van der Waals surface area contributed by atoms with Crippen LogP contribution in [0.15, 0.2) is 59.4 Å². The monoisotopic (exact) mass is 359 g/mol. The number of rotatable bonds is 2. The number of aromatic amines is 1. The van der Waals surface area contributed by atoms with Crippen molar-refractivity contribution in [1.82, 2.24) is 19.4 Å². The number of hydrogen-bond donors (Lipinski definition) is 1. The van der Waals surface area contributed by atoms with Gasteiger partial charge in [0.1, 0.15) is 0 Å². The Morgan fingerprint density at radius 2 is 1.78 bits per heavy atom. The molecule has 0 bridgehead atoms. The summed E-state index contributed by atoms with van der Waals surface area (Å²) in [5.41, 5.74) is 3.76. The molecule has 27 heavy (non-hydrogen) atoms. The lowest BCUT2D eigenvalue weighted by atomic mass is 10.2. The number of nitrogens with zero attached hydrogens (tertiary/aromatic N) is 4. The average molecular weight is 359 g/mol. The first-order valence-electron chi connectivity index (χ1n) is 9.23. The first-order chi connectivity index (χ1) is 13.2. The lowest BCUT2D eigenvalue weighted by Crippen LogP contribution is -2.44. The van der Waals surface area contributed by atoms with Crippen LogP contribution in [-0.2, 0) is 0 Å². The topological polar surface area (TPSA) is 57.2 Å². The molecule has 1 fully saturated rings. The van der Waals surface area contributed by atoms with Crippen molar-refractivity contribution in [2.45, 2.75) is 0 Å². The van der Waals surface area contributed by atoms with Crippen LogP contribution in [0.25, 0.3) is 27.9 Å². The first-order valence-corrected chi connectivity index (χ1v) is 9.23. The molecule has 1 N–H and O–H groups in total. The van der Waals surface area contributed by atoms with Crippen LogP contribution in [0.1, 0.15) is 0 Å². The van der Waals surface area contributed by atoms with Crippen molar-refractivity contribution in [3.05, 3.63) is 65.0 Å². The fourth-order valence-electron chi connectivity index (χ4n) is 3.76. The van der Waals surface area contributed by atoms with Gasteiger partial charge in [0.15, 0.2) is 0 Å². The molecule has 2 aromatic heterocycles. The molecule has 5 rings (SSSR count). The molecule has 0 saturated carbocycles. The molecule has 6 heteroatoms. The van der Waals surface area contributed by atoms with E-state index in [1.54, 1.807) is 10.6 Å². The summed E-state index contributed by atoms with van der Waals surface area (Å²) in [4.78, 5) is 25.3. The Balaban J connectivity index is 1.60. The van der Waals surface area contributed by atoms with E-state index in [9.17, 15) is 4.79 Å². The van der Waals surface area contributed by atoms with Crippen LogP contribution in [0.2, 0.25) is 0 Å². The van der Waals surface area contributed by atoms with E-state index in [1.807, 2.05) is 36.4 Å². The Morgan fingerprint density at radius 3 is 2.63 bits per heavy atom. The maximum absolute atomic E-state index is 12.5. The molecule has 2 aromatic carbocycles. The number of imidazole rings is 1. The van der Waals surface area contributed by atoms with Gasteiger partial charge in [0, 0.05) is 37.9 Å². The summed E-state index contributed by atoms with van der Waals surface area (Å²) in [5.74, 6) is 0.558. The highest BCUT2D eigenvalue weighted by molar-refractivity contribution is 5.83. The number of nitrogens with one attached hydrogen (secondary N) is 1. The molecule has 6 nitrogen and oxygen atoms in total. The van der Waals surface area contributed by atoms with E-state index in [-0.39, 0.29) is 5.56 Å². The van der Waals surface area contributed by atoms with E-state index >= 15 is 0 Å². The molecule has 0 radical (unpaired) electrons. The van der Waals surface area contributed by atoms with Crippen LogP contribution in [0, 0.1) is 0 Å². The summed E-state index contributed by atoms with van der Waals surface area (Å²) >= 11 is 0. The van der Waals surface area contributed by atoms with Crippen molar-refractivity contribution in [2.24, 2.45) is 0 Å². The molecular weight excluding hydrogens is 338 g/mol. The second-order valence-electron chi connectivity index (χ2n) is 7.12. The number of hydrogen-bond acceptors (Lipinski definition) is 4. The third-order valence-corrected chi connectivity index (χ3v) is 5.34. The Labute approximate surface area is 156 Å². The number of fused-ring (bicyclic) bond motifs is 2. The maximum atomic E-state index is 12.5. The van der Waals surface area contributed by atoms with Gasteiger partial charge in [-0.3, -0.25) is 4.79 Å². The third kappa shape index (κ3) is 2.78. The predicted octanol–water partition coefficient (Wildman–Crippen LogP) is 2.62. The molecule has 3 heterocycles. The minimum atomic E-state index is -0.0907. The minimum Gasteiger partial charge on any atom is -0.369 e. The predicted molar refractivity (Wildman–Crippen MR) is 109 cm³/mol. The number of H-pyrrole nitrogens is 1. The fraction of sp³-hybridized carbons (Fsp3) is 0.238. The van der Waals surface area contributed by atoms with Crippen LogP contribution in [0.5, 0.6) is 0 Å². The lowest BCUT2D eigenvalue weighted by molar-refractivity contribution is 0.313. The van der Waals surface area contributed by atoms with Crippen molar-refractivity contribution in [1.29, 1.82) is 0 Å². The number of anilines is 1. The molecule has 0 spiro atoms. The van der Waals surface area contributed by atoms with Gasteiger partial charge >= 0.3 is 0 Å². The maximum Gasteiger partial charge on any atom is 0.257 e. The van der Waals surface area contributed by atoms with Gasteiger partial charge in [-0.1, -0.05) is 18.2 Å². The number of aromatic nitrogens is 3. The number of benzene rings is 2. The highest BCUT2D eigenvalue weighted by Crippen LogP contribution is 2.23. The quantitative estimate of drug-likeness (QED) is 0.598. The molecule has 1 saturated heterocycles. The van der Waals surface area contributed by atoms with Gasteiger partial charge in [-0.05, 0) is 42.8 Å². The summed E-state index contributed by atoms with van der Waals surface area (Å²) in [7, 11) is 2.16. The first kappa shape index (κ1) is 16.1. The molecule has 0 amide bonds. The summed E-state index contributed by atoms with van der Waals surface area (Å²) in [6.07, 6.45) is 0. The van der Waals surface area contributed by atoms with Crippen LogP contribution < -0.4 is 10.5 Å². The van der Waals surface area contributed by atoms with Crippen LogP contribution in [0.4, 0.5) is 5.69 Å². The molecule has 4 aromatic rings. The molecular formula is C21H21N5O. The molecule has 136 valence electrons. The van der Waals surface area contributed by atoms with Crippen molar-refractivity contribution < 1.29 is 0 Å². The second-order valence-corrected chi connectivity index (χ2v) is 7.12. The number of para-hydroxylation sites is 1. The molecule has 0 aliphatic carbocycles. The Morgan fingerprint density at radius 1 is 0.963 bits per heavy atom. The molecule has 0 atom stereocenters. The van der Waals surface area contributed by atoms with E-state index in [0.717, 1.165) is 48.1 Å². The minimum absolute atomic E-state index is 0.0907. The van der Waals surface area contributed by atoms with E-state index in [0.29, 0.717) is 5.95 Å². The Hall–Kier alpha value is -3.12. The van der Waals surface area contributed by atoms with Gasteiger partial charge < -0.3 is 14.8 Å². The SMILES string of the molecule is CN1CCN(c2ccc3nc(-n4c(=O)ccc5ccccc54)[nH]c3c2)CC1. The van der Waals surface area contributed by atoms with Gasteiger partial charge in [-0.2, -0.15) is 0 Å². The smallest absolute Gasteiger partial charge is 0.257 e. The second kappa shape index (κ2) is 6.25. The van der Waals surface area contributed by atoms with Crippen LogP contribution in [-0.4, -0.2) is 52.7 Å². The highest BCUT2D eigenvalue weighted by atomic mass is 16.1. The van der Waals surface area contributed by atoms with Gasteiger partial charge in [0.25, 0.3) is 5.56 Å². The lowest BCUT2D eigenvalue weighted by Gasteiger charge is -2.34. The largest absolute Gasteiger partial charge is 0.369 e. The third-order valence-electron chi connectivity index (χ3n) is 5.34. The number of pyridine rings is 1. The standard InChI is InChI=1S/C21H21N5O/c1-24-10-12-25(13-11-24)16-7-8-17-18(14-16)23-21(22-17)26-19-5-3-2-4-15(19)6-9-20(26)27/h2-9,14H,10-13H2,1H3,(H,22,23). The van der Waals surface area contributed by atoms with Crippen molar-refractivity contribution in [2.75, 3.05) is 38.1 Å². The summed E-state index contributed by atoms with van der Waals surface area (Å²) in [6, 6.07) is 17.6. The van der Waals surface area contributed by atoms with E-state index in [1.165, 1.54) is 5.69 Å².